The average Bonchev–Trinajstić information content (AvgIpc) is 0.781. The fourth-order valence-electron chi connectivity index (χ4n) is 11.5. The molecule has 13 aromatic rings. The van der Waals surface area contributed by atoms with Gasteiger partial charge in [0.1, 0.15) is 104 Å². The van der Waals surface area contributed by atoms with Crippen LogP contribution in [0.5, 0.6) is 46.0 Å². The van der Waals surface area contributed by atoms with Crippen molar-refractivity contribution in [2.24, 2.45) is 10.3 Å². The van der Waals surface area contributed by atoms with Gasteiger partial charge >= 0.3 is 0 Å². The van der Waals surface area contributed by atoms with Crippen LogP contribution in [0.4, 0.5) is 5.69 Å². The van der Waals surface area contributed by atoms with E-state index in [0.717, 1.165) is 77.9 Å². The summed E-state index contributed by atoms with van der Waals surface area (Å²) >= 11 is 0. The van der Waals surface area contributed by atoms with E-state index in [1.54, 1.807) is 0 Å². The summed E-state index contributed by atoms with van der Waals surface area (Å²) in [6.07, 6.45) is 0. The van der Waals surface area contributed by atoms with Gasteiger partial charge in [0.25, 0.3) is 0 Å². The van der Waals surface area contributed by atoms with Crippen molar-refractivity contribution in [3.05, 3.63) is 388 Å². The smallest absolute Gasteiger partial charge is 0.140 e. The largest absolute Gasteiger partial charge is 0.489 e. The molecule has 0 N–H and O–H groups in total. The first-order valence-corrected chi connectivity index (χ1v) is 35.2. The first-order chi connectivity index (χ1) is 51.9. The lowest BCUT2D eigenvalue weighted by molar-refractivity contribution is 0.281. The molecule has 0 unspecified atom stereocenters. The van der Waals surface area contributed by atoms with Crippen molar-refractivity contribution in [3.8, 4) is 91.9 Å². The Labute approximate surface area is 615 Å². The third-order valence-corrected chi connectivity index (χ3v) is 17.1. The van der Waals surface area contributed by atoms with Crippen LogP contribution in [-0.4, -0.2) is 18.1 Å². The number of rotatable bonds is 30. The van der Waals surface area contributed by atoms with E-state index < -0.39 is 0 Å². The predicted octanol–water partition coefficient (Wildman–Crippen LogP) is 21.8. The van der Waals surface area contributed by atoms with Gasteiger partial charge in [-0.05, 0) is 154 Å². The molecule has 0 aliphatic rings. The summed E-state index contributed by atoms with van der Waals surface area (Å²) in [5.74, 6) is 19.3. The molecular formula is C94H79N3O8. The minimum atomic E-state index is 0.246. The molecule has 11 nitrogen and oxygen atoms in total. The summed E-state index contributed by atoms with van der Waals surface area (Å²) in [6.45, 7) is 8.15. The van der Waals surface area contributed by atoms with Crippen LogP contribution >= 0.6 is 0 Å². The molecule has 105 heavy (non-hydrogen) atoms. The highest BCUT2D eigenvalue weighted by molar-refractivity contribution is 5.86. The van der Waals surface area contributed by atoms with Crippen LogP contribution in [0, 0.1) is 23.7 Å². The van der Waals surface area contributed by atoms with Gasteiger partial charge in [0, 0.05) is 53.0 Å². The lowest BCUT2D eigenvalue weighted by atomic mass is 9.91. The van der Waals surface area contributed by atoms with Gasteiger partial charge in [-0.3, -0.25) is 5.01 Å². The molecule has 0 fully saturated rings. The first kappa shape index (κ1) is 70.2. The van der Waals surface area contributed by atoms with Crippen LogP contribution in [0.2, 0.25) is 0 Å². The Bertz CT molecular complexity index is 4690. The Kier molecular flexibility index (Phi) is 24.3. The second kappa shape index (κ2) is 36.4. The molecule has 0 aliphatic carbocycles. The van der Waals surface area contributed by atoms with E-state index >= 15 is 0 Å². The van der Waals surface area contributed by atoms with Crippen LogP contribution in [0.15, 0.2) is 332 Å². The van der Waals surface area contributed by atoms with E-state index in [1.807, 2.05) is 302 Å². The molecule has 0 saturated heterocycles. The molecule has 518 valence electrons. The van der Waals surface area contributed by atoms with E-state index in [2.05, 4.69) is 61.8 Å². The van der Waals surface area contributed by atoms with E-state index in [0.29, 0.717) is 102 Å². The number of ether oxygens (including phenoxy) is 8. The maximum atomic E-state index is 6.79. The summed E-state index contributed by atoms with van der Waals surface area (Å²) in [5.41, 5.74) is 14.8. The van der Waals surface area contributed by atoms with Crippen molar-refractivity contribution in [1.82, 2.24) is 5.01 Å². The second-order valence-electron chi connectivity index (χ2n) is 24.9. The molecule has 0 aromatic heterocycles. The van der Waals surface area contributed by atoms with Crippen LogP contribution in [-0.2, 0) is 52.9 Å². The molecule has 0 atom stereocenters. The highest BCUT2D eigenvalue weighted by Gasteiger charge is 2.19. The van der Waals surface area contributed by atoms with Gasteiger partial charge in [-0.25, -0.2) is 0 Å². The van der Waals surface area contributed by atoms with Crippen molar-refractivity contribution in [2.75, 3.05) is 13.1 Å². The zero-order valence-electron chi connectivity index (χ0n) is 58.8. The highest BCUT2D eigenvalue weighted by atomic mass is 16.5. The Morgan fingerprint density at radius 2 is 0.552 bits per heavy atom. The molecule has 0 radical (unpaired) electrons. The van der Waals surface area contributed by atoms with Crippen LogP contribution < -0.4 is 37.9 Å². The van der Waals surface area contributed by atoms with Crippen molar-refractivity contribution in [1.29, 1.82) is 0 Å². The Hall–Kier alpha value is -13.2. The zero-order valence-corrected chi connectivity index (χ0v) is 58.8. The van der Waals surface area contributed by atoms with Crippen molar-refractivity contribution in [3.63, 3.8) is 0 Å². The molecule has 0 spiro atoms. The lowest BCUT2D eigenvalue weighted by Crippen LogP contribution is -2.14. The molecule has 13 aromatic carbocycles. The van der Waals surface area contributed by atoms with Gasteiger partial charge in [0.15, 0.2) is 0 Å². The van der Waals surface area contributed by atoms with Gasteiger partial charge < -0.3 is 37.9 Å². The number of nitrogens with zero attached hydrogens (tertiary/aromatic N) is 3. The minimum absolute atomic E-state index is 0.246. The monoisotopic (exact) mass is 1380 g/mol. The molecule has 0 heterocycles. The molecule has 0 amide bonds. The SMILES string of the molecule is CCN(CC)N=Nc1cc(-c2ccc(OCc3cc(OCc4ccccc4)cc(OCc4ccccc4)c3)cc2)c(C#Cc2cc(OCc3ccccc3)c(C#Cc3ccccc3)c(OCc3ccccc3)c2)c(-c2ccc(OCc3cc(OCc4ccccc4)cc(OCc4ccccc4)c3)cc2)c1. The number of benzene rings is 13. The van der Waals surface area contributed by atoms with Crippen LogP contribution in [0.3, 0.4) is 0 Å². The molecule has 0 aliphatic heterocycles. The van der Waals surface area contributed by atoms with Crippen LogP contribution in [0.1, 0.15) is 80.6 Å². The van der Waals surface area contributed by atoms with Gasteiger partial charge in [-0.15, -0.1) is 5.11 Å². The summed E-state index contributed by atoms with van der Waals surface area (Å²) in [5, 5.41) is 11.6. The molecule has 13 rings (SSSR count). The van der Waals surface area contributed by atoms with Crippen LogP contribution in [0.25, 0.3) is 22.3 Å². The van der Waals surface area contributed by atoms with Crippen molar-refractivity contribution < 1.29 is 37.9 Å². The molecule has 11 heteroatoms. The highest BCUT2D eigenvalue weighted by Crippen LogP contribution is 2.40. The predicted molar refractivity (Wildman–Crippen MR) is 416 cm³/mol. The minimum Gasteiger partial charge on any atom is -0.489 e. The topological polar surface area (TPSA) is 102 Å². The summed E-state index contributed by atoms with van der Waals surface area (Å²) in [7, 11) is 0. The zero-order chi connectivity index (χ0) is 71.5. The van der Waals surface area contributed by atoms with Crippen molar-refractivity contribution >= 4 is 5.69 Å². The Morgan fingerprint density at radius 3 is 0.895 bits per heavy atom. The fourth-order valence-corrected chi connectivity index (χ4v) is 11.5. The van der Waals surface area contributed by atoms with Gasteiger partial charge in [0.05, 0.1) is 5.69 Å². The summed E-state index contributed by atoms with van der Waals surface area (Å²) in [4.78, 5) is 0. The third-order valence-electron chi connectivity index (χ3n) is 17.1. The maximum absolute atomic E-state index is 6.79. The summed E-state index contributed by atoms with van der Waals surface area (Å²) in [6, 6.07) is 107. The number of hydrogen-bond acceptors (Lipinski definition) is 10. The normalized spacial score (nSPS) is 10.8. The quantitative estimate of drug-likeness (QED) is 0.0247. The van der Waals surface area contributed by atoms with Crippen molar-refractivity contribution in [2.45, 2.75) is 66.7 Å². The van der Waals surface area contributed by atoms with Gasteiger partial charge in [-0.2, -0.15) is 0 Å². The molecule has 0 saturated carbocycles. The van der Waals surface area contributed by atoms with Gasteiger partial charge in [-0.1, -0.05) is 253 Å². The first-order valence-electron chi connectivity index (χ1n) is 35.2. The van der Waals surface area contributed by atoms with E-state index in [9.17, 15) is 0 Å². The fraction of sp³-hybridized carbons (Fsp3) is 0.128. The average molecular weight is 1380 g/mol. The second-order valence-corrected chi connectivity index (χ2v) is 24.9. The van der Waals surface area contributed by atoms with Gasteiger partial charge in [0.2, 0.25) is 0 Å². The number of hydrogen-bond donors (Lipinski definition) is 0. The standard InChI is InChI=1S/C94H79N3O8/c1-3-97(4-2)96-95-82-58-91(80-42-46-83(47-43-80)98-68-78-52-85(100-62-71-28-14-6-15-29-71)60-86(53-78)101-63-72-30-16-7-17-31-72)89(50-41-77-56-93(104-66-75-36-22-10-23-37-75)90(51-40-70-26-12-5-13-27-70)94(57-77)105-67-76-38-24-11-25-39-76)92(59-82)81-44-48-84(49-45-81)99-69-79-54-87(102-64-73-32-18-8-19-33-73)61-88(55-79)103-65-74-34-20-9-21-35-74/h5-39,42-49,52-61H,3-4,62-69H2,1-2H3. The van der Waals surface area contributed by atoms with E-state index in [4.69, 9.17) is 48.2 Å². The Balaban J connectivity index is 0.877. The molecule has 0 bridgehead atoms. The van der Waals surface area contributed by atoms with E-state index in [1.165, 1.54) is 0 Å². The third kappa shape index (κ3) is 20.7. The molecular weight excluding hydrogens is 1300 g/mol. The summed E-state index contributed by atoms with van der Waals surface area (Å²) < 4.78 is 52.3. The maximum Gasteiger partial charge on any atom is 0.140 e. The lowest BCUT2D eigenvalue weighted by Gasteiger charge is -2.16. The Morgan fingerprint density at radius 1 is 0.257 bits per heavy atom. The van der Waals surface area contributed by atoms with E-state index in [-0.39, 0.29) is 26.4 Å².